The molecule has 0 aromatic heterocycles. The molecule has 0 saturated carbocycles. The van der Waals surface area contributed by atoms with Gasteiger partial charge in [-0.05, 0) is 30.3 Å². The van der Waals surface area contributed by atoms with Crippen LogP contribution in [0.1, 0.15) is 10.4 Å². The van der Waals surface area contributed by atoms with Crippen LogP contribution in [-0.4, -0.2) is 10.8 Å². The van der Waals surface area contributed by atoms with E-state index in [2.05, 4.69) is 21.2 Å². The van der Waals surface area contributed by atoms with Crippen molar-refractivity contribution >= 4 is 44.8 Å². The number of rotatable bonds is 3. The molecule has 0 aliphatic carbocycles. The second-order valence-corrected chi connectivity index (χ2v) is 5.29. The van der Waals surface area contributed by atoms with Crippen molar-refractivity contribution in [3.63, 3.8) is 0 Å². The van der Waals surface area contributed by atoms with Gasteiger partial charge in [0.25, 0.3) is 5.91 Å². The summed E-state index contributed by atoms with van der Waals surface area (Å²) in [5, 5.41) is 13.1. The molecule has 0 radical (unpaired) electrons. The van der Waals surface area contributed by atoms with Crippen LogP contribution in [0.3, 0.4) is 0 Å². The monoisotopic (exact) mass is 372 g/mol. The number of carbonyl (C=O) groups excluding carboxylic acids is 1. The molecule has 0 bridgehead atoms. The van der Waals surface area contributed by atoms with E-state index in [1.54, 1.807) is 0 Å². The maximum Gasteiger partial charge on any atom is 0.300 e. The minimum Gasteiger partial charge on any atom is -0.319 e. The molecule has 0 aliphatic heterocycles. The molecule has 0 aliphatic rings. The Morgan fingerprint density at radius 1 is 1.33 bits per heavy atom. The van der Waals surface area contributed by atoms with Crippen molar-refractivity contribution < 1.29 is 14.1 Å². The van der Waals surface area contributed by atoms with Crippen LogP contribution in [0, 0.1) is 15.9 Å². The first-order valence-corrected chi connectivity index (χ1v) is 6.76. The van der Waals surface area contributed by atoms with E-state index in [1.165, 1.54) is 30.3 Å². The number of hydrogen-bond donors (Lipinski definition) is 1. The molecule has 1 N–H and O–H groups in total. The summed E-state index contributed by atoms with van der Waals surface area (Å²) < 4.78 is 14.1. The summed E-state index contributed by atoms with van der Waals surface area (Å²) in [6.45, 7) is 0. The van der Waals surface area contributed by atoms with Crippen LogP contribution in [0.4, 0.5) is 15.8 Å². The Kier molecular flexibility index (Phi) is 4.54. The number of para-hydroxylation sites is 1. The van der Waals surface area contributed by atoms with Gasteiger partial charge in [0.05, 0.1) is 10.6 Å². The van der Waals surface area contributed by atoms with Crippen LogP contribution in [0.5, 0.6) is 0 Å². The van der Waals surface area contributed by atoms with Crippen LogP contribution in [-0.2, 0) is 0 Å². The fourth-order valence-corrected chi connectivity index (χ4v) is 2.27. The fourth-order valence-electron chi connectivity index (χ4n) is 1.67. The molecule has 2 aromatic carbocycles. The van der Waals surface area contributed by atoms with Crippen LogP contribution >= 0.6 is 27.5 Å². The highest BCUT2D eigenvalue weighted by Gasteiger charge is 2.24. The zero-order chi connectivity index (χ0) is 15.6. The van der Waals surface area contributed by atoms with E-state index in [-0.39, 0.29) is 16.3 Å². The highest BCUT2D eigenvalue weighted by atomic mass is 79.9. The molecule has 0 saturated heterocycles. The SMILES string of the molecule is O=C(Nc1cc(Br)ccc1F)c1cccc(Cl)c1[N+](=O)[O-]. The number of carbonyl (C=O) groups is 1. The number of anilines is 1. The molecule has 1 amide bonds. The molecule has 0 unspecified atom stereocenters. The summed E-state index contributed by atoms with van der Waals surface area (Å²) in [4.78, 5) is 22.3. The van der Waals surface area contributed by atoms with Gasteiger partial charge in [0, 0.05) is 4.47 Å². The molecule has 0 fully saturated rings. The van der Waals surface area contributed by atoms with Gasteiger partial charge >= 0.3 is 5.69 Å². The lowest BCUT2D eigenvalue weighted by Gasteiger charge is -2.08. The highest BCUT2D eigenvalue weighted by molar-refractivity contribution is 9.10. The van der Waals surface area contributed by atoms with Crippen molar-refractivity contribution in [1.82, 2.24) is 0 Å². The molecule has 0 spiro atoms. The summed E-state index contributed by atoms with van der Waals surface area (Å²) in [7, 11) is 0. The molecule has 2 aromatic rings. The highest BCUT2D eigenvalue weighted by Crippen LogP contribution is 2.29. The van der Waals surface area contributed by atoms with E-state index in [0.717, 1.165) is 6.07 Å². The largest absolute Gasteiger partial charge is 0.319 e. The van der Waals surface area contributed by atoms with Crippen molar-refractivity contribution in [2.75, 3.05) is 5.32 Å². The average Bonchev–Trinajstić information content (AvgIpc) is 2.42. The maximum absolute atomic E-state index is 13.6. The van der Waals surface area contributed by atoms with E-state index in [9.17, 15) is 19.3 Å². The van der Waals surface area contributed by atoms with Gasteiger partial charge in [-0.15, -0.1) is 0 Å². The first kappa shape index (κ1) is 15.4. The molecule has 5 nitrogen and oxygen atoms in total. The first-order valence-electron chi connectivity index (χ1n) is 5.59. The van der Waals surface area contributed by atoms with E-state index in [4.69, 9.17) is 11.6 Å². The zero-order valence-corrected chi connectivity index (χ0v) is 12.6. The van der Waals surface area contributed by atoms with Crippen molar-refractivity contribution in [3.05, 3.63) is 67.4 Å². The van der Waals surface area contributed by atoms with E-state index in [0.29, 0.717) is 4.47 Å². The Morgan fingerprint density at radius 3 is 2.71 bits per heavy atom. The standard InChI is InChI=1S/C13H7BrClFN2O3/c14-7-4-5-10(16)11(6-7)17-13(19)8-2-1-3-9(15)12(8)18(20)21/h1-6H,(H,17,19). The molecule has 21 heavy (non-hydrogen) atoms. The lowest BCUT2D eigenvalue weighted by Crippen LogP contribution is -2.15. The normalized spacial score (nSPS) is 10.2. The molecular weight excluding hydrogens is 367 g/mol. The van der Waals surface area contributed by atoms with Gasteiger partial charge in [-0.2, -0.15) is 0 Å². The number of hydrogen-bond acceptors (Lipinski definition) is 3. The van der Waals surface area contributed by atoms with Gasteiger partial charge < -0.3 is 5.32 Å². The first-order chi connectivity index (χ1) is 9.90. The Labute approximate surface area is 132 Å². The minimum atomic E-state index is -0.818. The Morgan fingerprint density at radius 2 is 2.05 bits per heavy atom. The number of benzene rings is 2. The molecule has 8 heteroatoms. The lowest BCUT2D eigenvalue weighted by molar-refractivity contribution is -0.385. The van der Waals surface area contributed by atoms with Gasteiger partial charge in [-0.3, -0.25) is 14.9 Å². The van der Waals surface area contributed by atoms with Gasteiger partial charge in [0.15, 0.2) is 0 Å². The summed E-state index contributed by atoms with van der Waals surface area (Å²) in [6.07, 6.45) is 0. The smallest absolute Gasteiger partial charge is 0.300 e. The third kappa shape index (κ3) is 3.37. The quantitative estimate of drug-likeness (QED) is 0.640. The van der Waals surface area contributed by atoms with Crippen molar-refractivity contribution in [3.8, 4) is 0 Å². The lowest BCUT2D eigenvalue weighted by atomic mass is 10.1. The topological polar surface area (TPSA) is 72.2 Å². The van der Waals surface area contributed by atoms with Gasteiger partial charge in [-0.1, -0.05) is 33.6 Å². The number of nitro groups is 1. The van der Waals surface area contributed by atoms with Gasteiger partial charge in [0.2, 0.25) is 0 Å². The fraction of sp³-hybridized carbons (Fsp3) is 0. The molecular formula is C13H7BrClFN2O3. The van der Waals surface area contributed by atoms with E-state index < -0.39 is 22.3 Å². The summed E-state index contributed by atoms with van der Waals surface area (Å²) >= 11 is 8.87. The second kappa shape index (κ2) is 6.19. The number of nitrogens with one attached hydrogen (secondary N) is 1. The molecule has 108 valence electrons. The Balaban J connectivity index is 2.40. The third-order valence-electron chi connectivity index (χ3n) is 2.59. The predicted molar refractivity (Wildman–Crippen MR) is 80.2 cm³/mol. The average molecular weight is 374 g/mol. The Bertz CT molecular complexity index is 739. The van der Waals surface area contributed by atoms with Crippen LogP contribution in [0.25, 0.3) is 0 Å². The van der Waals surface area contributed by atoms with Crippen molar-refractivity contribution in [2.45, 2.75) is 0 Å². The number of amides is 1. The van der Waals surface area contributed by atoms with Crippen molar-refractivity contribution in [1.29, 1.82) is 0 Å². The second-order valence-electron chi connectivity index (χ2n) is 3.97. The summed E-state index contributed by atoms with van der Waals surface area (Å²) in [5.74, 6) is -1.47. The van der Waals surface area contributed by atoms with Crippen LogP contribution in [0.15, 0.2) is 40.9 Å². The van der Waals surface area contributed by atoms with E-state index in [1.807, 2.05) is 0 Å². The van der Waals surface area contributed by atoms with Crippen LogP contribution in [0.2, 0.25) is 5.02 Å². The van der Waals surface area contributed by atoms with Crippen molar-refractivity contribution in [2.24, 2.45) is 0 Å². The predicted octanol–water partition coefficient (Wildman–Crippen LogP) is 4.40. The van der Waals surface area contributed by atoms with E-state index >= 15 is 0 Å². The van der Waals surface area contributed by atoms with Crippen LogP contribution < -0.4 is 5.32 Å². The zero-order valence-electron chi connectivity index (χ0n) is 10.3. The molecule has 2 rings (SSSR count). The summed E-state index contributed by atoms with van der Waals surface area (Å²) in [6, 6.07) is 7.93. The number of nitro benzene ring substituents is 1. The number of halogens is 3. The minimum absolute atomic E-state index is 0.0938. The third-order valence-corrected chi connectivity index (χ3v) is 3.39. The van der Waals surface area contributed by atoms with Gasteiger partial charge in [-0.25, -0.2) is 4.39 Å². The molecule has 0 atom stereocenters. The summed E-state index contributed by atoms with van der Waals surface area (Å²) in [5.41, 5.74) is -0.859. The Hall–Kier alpha value is -1.99. The number of nitrogens with zero attached hydrogens (tertiary/aromatic N) is 1. The maximum atomic E-state index is 13.6. The molecule has 0 heterocycles. The van der Waals surface area contributed by atoms with Gasteiger partial charge in [0.1, 0.15) is 16.4 Å².